The smallest absolute Gasteiger partial charge is 0.263 e. The molecule has 0 unspecified atom stereocenters. The summed E-state index contributed by atoms with van der Waals surface area (Å²) >= 11 is 6.58. The van der Waals surface area contributed by atoms with Crippen LogP contribution in [0.1, 0.15) is 5.56 Å². The van der Waals surface area contributed by atoms with Gasteiger partial charge in [-0.25, -0.2) is 8.42 Å². The highest BCUT2D eigenvalue weighted by Gasteiger charge is 2.19. The van der Waals surface area contributed by atoms with Crippen LogP contribution >= 0.6 is 31.9 Å². The maximum absolute atomic E-state index is 12.4. The van der Waals surface area contributed by atoms with E-state index in [1.807, 2.05) is 7.05 Å². The second-order valence-corrected chi connectivity index (χ2v) is 7.62. The third-order valence-corrected chi connectivity index (χ3v) is 5.66. The van der Waals surface area contributed by atoms with Gasteiger partial charge in [0.05, 0.1) is 10.2 Å². The Morgan fingerprint density at radius 2 is 1.95 bits per heavy atom. The fourth-order valence-corrected chi connectivity index (χ4v) is 4.42. The summed E-state index contributed by atoms with van der Waals surface area (Å²) in [6.45, 7) is 0.669. The summed E-state index contributed by atoms with van der Waals surface area (Å²) in [6, 6.07) is 6.73. The molecule has 0 saturated carbocycles. The number of benzene rings is 1. The van der Waals surface area contributed by atoms with E-state index in [9.17, 15) is 8.42 Å². The lowest BCUT2D eigenvalue weighted by atomic mass is 10.2. The molecular weight excluding hydrogens is 422 g/mol. The molecular formula is C13H13Br2N3O2S. The largest absolute Gasteiger partial charge is 0.316 e. The Hall–Kier alpha value is -0.960. The summed E-state index contributed by atoms with van der Waals surface area (Å²) < 4.78 is 28.5. The first-order valence-corrected chi connectivity index (χ1v) is 9.06. The summed E-state index contributed by atoms with van der Waals surface area (Å²) in [5, 5.41) is 3.02. The number of hydrogen-bond acceptors (Lipinski definition) is 4. The van der Waals surface area contributed by atoms with Crippen molar-refractivity contribution in [2.75, 3.05) is 11.8 Å². The molecule has 1 aromatic heterocycles. The van der Waals surface area contributed by atoms with Crippen molar-refractivity contribution >= 4 is 47.6 Å². The van der Waals surface area contributed by atoms with Gasteiger partial charge in [-0.15, -0.1) is 0 Å². The molecule has 0 saturated heterocycles. The van der Waals surface area contributed by atoms with Crippen molar-refractivity contribution in [2.24, 2.45) is 0 Å². The summed E-state index contributed by atoms with van der Waals surface area (Å²) in [5.41, 5.74) is 1.43. The fourth-order valence-electron chi connectivity index (χ4n) is 1.73. The number of sulfonamides is 1. The van der Waals surface area contributed by atoms with E-state index in [1.165, 1.54) is 12.4 Å². The maximum atomic E-state index is 12.4. The Bertz CT molecular complexity index is 751. The Kier molecular flexibility index (Phi) is 5.37. The van der Waals surface area contributed by atoms with Crippen molar-refractivity contribution in [3.8, 4) is 0 Å². The SMILES string of the molecule is CNCc1ccc(S(=O)(=O)Nc2ccncc2Br)c(Br)c1. The van der Waals surface area contributed by atoms with Gasteiger partial charge in [-0.3, -0.25) is 9.71 Å². The van der Waals surface area contributed by atoms with E-state index in [1.54, 1.807) is 24.3 Å². The first kappa shape index (κ1) is 16.4. The van der Waals surface area contributed by atoms with Crippen LogP contribution in [-0.2, 0) is 16.6 Å². The van der Waals surface area contributed by atoms with Crippen LogP contribution in [0.3, 0.4) is 0 Å². The van der Waals surface area contributed by atoms with Crippen LogP contribution in [0, 0.1) is 0 Å². The summed E-state index contributed by atoms with van der Waals surface area (Å²) in [4.78, 5) is 4.09. The number of halogens is 2. The van der Waals surface area contributed by atoms with Gasteiger partial charge in [-0.2, -0.15) is 0 Å². The highest BCUT2D eigenvalue weighted by molar-refractivity contribution is 9.11. The molecule has 5 nitrogen and oxygen atoms in total. The Morgan fingerprint density at radius 3 is 2.57 bits per heavy atom. The zero-order chi connectivity index (χ0) is 15.5. The van der Waals surface area contributed by atoms with E-state index in [0.29, 0.717) is 21.2 Å². The summed E-state index contributed by atoms with van der Waals surface area (Å²) in [5.74, 6) is 0. The average molecular weight is 435 g/mol. The van der Waals surface area contributed by atoms with Crippen LogP contribution in [0.2, 0.25) is 0 Å². The molecule has 112 valence electrons. The first-order chi connectivity index (χ1) is 9.94. The summed E-state index contributed by atoms with van der Waals surface area (Å²) in [7, 11) is -1.84. The molecule has 0 aliphatic rings. The molecule has 0 bridgehead atoms. The van der Waals surface area contributed by atoms with Gasteiger partial charge in [0, 0.05) is 23.4 Å². The normalized spacial score (nSPS) is 11.4. The van der Waals surface area contributed by atoms with Crippen LogP contribution in [0.4, 0.5) is 5.69 Å². The molecule has 2 N–H and O–H groups in total. The van der Waals surface area contributed by atoms with Gasteiger partial charge in [0.15, 0.2) is 0 Å². The van der Waals surface area contributed by atoms with E-state index >= 15 is 0 Å². The second kappa shape index (κ2) is 6.87. The first-order valence-electron chi connectivity index (χ1n) is 5.99. The monoisotopic (exact) mass is 433 g/mol. The zero-order valence-corrected chi connectivity index (χ0v) is 15.1. The van der Waals surface area contributed by atoms with E-state index in [-0.39, 0.29) is 4.90 Å². The highest BCUT2D eigenvalue weighted by atomic mass is 79.9. The van der Waals surface area contributed by atoms with Crippen LogP contribution in [-0.4, -0.2) is 20.4 Å². The van der Waals surface area contributed by atoms with Gasteiger partial charge in [-0.05, 0) is 62.7 Å². The van der Waals surface area contributed by atoms with Gasteiger partial charge >= 0.3 is 0 Å². The highest BCUT2D eigenvalue weighted by Crippen LogP contribution is 2.28. The molecule has 0 amide bonds. The molecule has 8 heteroatoms. The van der Waals surface area contributed by atoms with Crippen molar-refractivity contribution in [1.82, 2.24) is 10.3 Å². The molecule has 1 heterocycles. The van der Waals surface area contributed by atoms with Crippen LogP contribution < -0.4 is 10.0 Å². The van der Waals surface area contributed by atoms with Gasteiger partial charge in [0.1, 0.15) is 4.90 Å². The predicted molar refractivity (Wildman–Crippen MR) is 89.7 cm³/mol. The zero-order valence-electron chi connectivity index (χ0n) is 11.1. The van der Waals surface area contributed by atoms with Gasteiger partial charge in [-0.1, -0.05) is 6.07 Å². The Balaban J connectivity index is 2.34. The topological polar surface area (TPSA) is 71.1 Å². The molecule has 0 aliphatic carbocycles. The molecule has 1 aromatic carbocycles. The Labute approximate surface area is 140 Å². The Morgan fingerprint density at radius 1 is 1.19 bits per heavy atom. The maximum Gasteiger partial charge on any atom is 0.263 e. The molecule has 2 aromatic rings. The minimum Gasteiger partial charge on any atom is -0.316 e. The van der Waals surface area contributed by atoms with E-state index in [4.69, 9.17) is 0 Å². The van der Waals surface area contributed by atoms with Crippen LogP contribution in [0.25, 0.3) is 0 Å². The van der Waals surface area contributed by atoms with Gasteiger partial charge < -0.3 is 5.32 Å². The summed E-state index contributed by atoms with van der Waals surface area (Å²) in [6.07, 6.45) is 3.05. The number of hydrogen-bond donors (Lipinski definition) is 2. The van der Waals surface area contributed by atoms with Crippen molar-refractivity contribution in [3.05, 3.63) is 51.2 Å². The minimum atomic E-state index is -3.67. The predicted octanol–water partition coefficient (Wildman–Crippen LogP) is 3.13. The number of pyridine rings is 1. The van der Waals surface area contributed by atoms with Gasteiger partial charge in [0.2, 0.25) is 0 Å². The lowest BCUT2D eigenvalue weighted by molar-refractivity contribution is 0.600. The van der Waals surface area contributed by atoms with Crippen LogP contribution in [0.15, 0.2) is 50.5 Å². The number of nitrogens with zero attached hydrogens (tertiary/aromatic N) is 1. The molecule has 2 rings (SSSR count). The standard InChI is InChI=1S/C13H13Br2N3O2S/c1-16-7-9-2-3-13(10(14)6-9)21(19,20)18-12-4-5-17-8-11(12)15/h2-6,8,16H,7H2,1H3,(H,17,18). The third kappa shape index (κ3) is 4.03. The number of rotatable bonds is 5. The second-order valence-electron chi connectivity index (χ2n) is 4.26. The molecule has 0 aliphatic heterocycles. The van der Waals surface area contributed by atoms with Crippen molar-refractivity contribution in [1.29, 1.82) is 0 Å². The van der Waals surface area contributed by atoms with E-state index < -0.39 is 10.0 Å². The molecule has 0 atom stereocenters. The third-order valence-electron chi connectivity index (χ3n) is 2.68. The van der Waals surface area contributed by atoms with Gasteiger partial charge in [0.25, 0.3) is 10.0 Å². The molecule has 0 spiro atoms. The number of nitrogens with one attached hydrogen (secondary N) is 2. The molecule has 0 fully saturated rings. The van der Waals surface area contributed by atoms with Crippen molar-refractivity contribution in [3.63, 3.8) is 0 Å². The van der Waals surface area contributed by atoms with Crippen molar-refractivity contribution in [2.45, 2.75) is 11.4 Å². The minimum absolute atomic E-state index is 0.186. The molecule has 0 radical (unpaired) electrons. The van der Waals surface area contributed by atoms with Crippen LogP contribution in [0.5, 0.6) is 0 Å². The van der Waals surface area contributed by atoms with E-state index in [2.05, 4.69) is 46.9 Å². The molecule has 21 heavy (non-hydrogen) atoms. The van der Waals surface area contributed by atoms with Crippen molar-refractivity contribution < 1.29 is 8.42 Å². The number of aromatic nitrogens is 1. The lowest BCUT2D eigenvalue weighted by Gasteiger charge is -2.11. The lowest BCUT2D eigenvalue weighted by Crippen LogP contribution is -2.14. The quantitative estimate of drug-likeness (QED) is 0.758. The number of anilines is 1. The average Bonchev–Trinajstić information content (AvgIpc) is 2.41. The van der Waals surface area contributed by atoms with E-state index in [0.717, 1.165) is 5.56 Å². The fraction of sp³-hybridized carbons (Fsp3) is 0.154.